The lowest BCUT2D eigenvalue weighted by Crippen LogP contribution is -2.47. The Morgan fingerprint density at radius 2 is 1.84 bits per heavy atom. The maximum Gasteiger partial charge on any atom is 0.252 e. The maximum atomic E-state index is 12.2. The third-order valence-corrected chi connectivity index (χ3v) is 5.26. The van der Waals surface area contributed by atoms with E-state index in [9.17, 15) is 4.79 Å². The average Bonchev–Trinajstić information content (AvgIpc) is 2.74. The zero-order valence-corrected chi connectivity index (χ0v) is 21.9. The number of aliphatic imine (C=N–C) groups is 1. The third-order valence-electron chi connectivity index (χ3n) is 4.93. The van der Waals surface area contributed by atoms with Crippen molar-refractivity contribution in [1.29, 1.82) is 0 Å². The minimum absolute atomic E-state index is 0. The molecule has 7 nitrogen and oxygen atoms in total. The van der Waals surface area contributed by atoms with E-state index in [0.717, 1.165) is 51.8 Å². The lowest BCUT2D eigenvalue weighted by atomic mass is 10.0. The van der Waals surface area contributed by atoms with Crippen LogP contribution in [-0.2, 0) is 4.74 Å². The van der Waals surface area contributed by atoms with Gasteiger partial charge < -0.3 is 20.7 Å². The largest absolute Gasteiger partial charge is 0.379 e. The molecule has 31 heavy (non-hydrogen) atoms. The first-order valence-electron chi connectivity index (χ1n) is 10.9. The van der Waals surface area contributed by atoms with Gasteiger partial charge >= 0.3 is 0 Å². The van der Waals surface area contributed by atoms with Gasteiger partial charge in [-0.2, -0.15) is 0 Å². The molecular weight excluding hydrogens is 529 g/mol. The molecule has 1 saturated heterocycles. The van der Waals surface area contributed by atoms with E-state index in [1.807, 2.05) is 13.0 Å². The van der Waals surface area contributed by atoms with Gasteiger partial charge in [-0.05, 0) is 31.4 Å². The maximum absolute atomic E-state index is 12.2. The van der Waals surface area contributed by atoms with E-state index in [-0.39, 0.29) is 29.9 Å². The number of hydrogen-bond donors (Lipinski definition) is 3. The van der Waals surface area contributed by atoms with Gasteiger partial charge in [0, 0.05) is 38.8 Å². The standard InChI is InChI=1S/C22H36ClN5O2.HI/c1-4-24-22(26-10-9-25-21(29)19-7-5-6-8-20(19)23)27-16-18(15-17(2)3)28-11-13-30-14-12-28;/h5-8,17-18H,4,9-16H2,1-3H3,(H,25,29)(H2,24,26,27);1H. The van der Waals surface area contributed by atoms with Gasteiger partial charge in [0.1, 0.15) is 0 Å². The van der Waals surface area contributed by atoms with Gasteiger partial charge in [0.05, 0.1) is 30.3 Å². The molecule has 1 aliphatic rings. The number of carbonyl (C=O) groups excluding carboxylic acids is 1. The van der Waals surface area contributed by atoms with Gasteiger partial charge in [0.25, 0.3) is 5.91 Å². The molecule has 2 rings (SSSR count). The highest BCUT2D eigenvalue weighted by Gasteiger charge is 2.21. The van der Waals surface area contributed by atoms with Gasteiger partial charge in [0.2, 0.25) is 0 Å². The number of ether oxygens (including phenoxy) is 1. The number of carbonyl (C=O) groups is 1. The molecule has 1 aliphatic heterocycles. The summed E-state index contributed by atoms with van der Waals surface area (Å²) in [7, 11) is 0. The highest BCUT2D eigenvalue weighted by molar-refractivity contribution is 14.0. The molecule has 0 radical (unpaired) electrons. The predicted octanol–water partition coefficient (Wildman–Crippen LogP) is 2.99. The first kappa shape index (κ1) is 27.9. The van der Waals surface area contributed by atoms with Crippen molar-refractivity contribution in [2.45, 2.75) is 33.2 Å². The molecule has 1 atom stereocenters. The van der Waals surface area contributed by atoms with Gasteiger partial charge in [-0.3, -0.25) is 14.7 Å². The molecular formula is C22H37ClIN5O2. The Kier molecular flexibility index (Phi) is 14.1. The smallest absolute Gasteiger partial charge is 0.252 e. The number of morpholine rings is 1. The van der Waals surface area contributed by atoms with Crippen LogP contribution in [0.3, 0.4) is 0 Å². The van der Waals surface area contributed by atoms with Crippen molar-refractivity contribution in [3.05, 3.63) is 34.9 Å². The lowest BCUT2D eigenvalue weighted by molar-refractivity contribution is 0.0143. The van der Waals surface area contributed by atoms with E-state index in [1.165, 1.54) is 0 Å². The summed E-state index contributed by atoms with van der Waals surface area (Å²) in [4.78, 5) is 19.5. The molecule has 9 heteroatoms. The number of guanidine groups is 1. The number of rotatable bonds is 10. The third kappa shape index (κ3) is 10.4. The zero-order valence-electron chi connectivity index (χ0n) is 18.8. The minimum Gasteiger partial charge on any atom is -0.379 e. The molecule has 0 aromatic heterocycles. The van der Waals surface area contributed by atoms with Crippen LogP contribution < -0.4 is 16.0 Å². The summed E-state index contributed by atoms with van der Waals surface area (Å²) >= 11 is 6.08. The highest BCUT2D eigenvalue weighted by Crippen LogP contribution is 2.15. The van der Waals surface area contributed by atoms with Crippen molar-refractivity contribution in [1.82, 2.24) is 20.9 Å². The van der Waals surface area contributed by atoms with Crippen LogP contribution in [0.2, 0.25) is 5.02 Å². The summed E-state index contributed by atoms with van der Waals surface area (Å²) in [5, 5.41) is 9.93. The molecule has 1 amide bonds. The van der Waals surface area contributed by atoms with Gasteiger partial charge in [0.15, 0.2) is 5.96 Å². The quantitative estimate of drug-likeness (QED) is 0.176. The monoisotopic (exact) mass is 565 g/mol. The molecule has 0 bridgehead atoms. The molecule has 1 heterocycles. The molecule has 3 N–H and O–H groups in total. The number of hydrogen-bond acceptors (Lipinski definition) is 4. The summed E-state index contributed by atoms with van der Waals surface area (Å²) in [6.07, 6.45) is 1.11. The normalized spacial score (nSPS) is 15.8. The average molecular weight is 566 g/mol. The van der Waals surface area contributed by atoms with Gasteiger partial charge in [-0.15, -0.1) is 24.0 Å². The van der Waals surface area contributed by atoms with E-state index >= 15 is 0 Å². The van der Waals surface area contributed by atoms with E-state index in [0.29, 0.717) is 35.6 Å². The Balaban J connectivity index is 0.00000480. The van der Waals surface area contributed by atoms with Crippen LogP contribution in [0, 0.1) is 5.92 Å². The number of amides is 1. The fourth-order valence-corrected chi connectivity index (χ4v) is 3.68. The van der Waals surface area contributed by atoms with E-state index < -0.39 is 0 Å². The van der Waals surface area contributed by atoms with Gasteiger partial charge in [-0.25, -0.2) is 0 Å². The topological polar surface area (TPSA) is 78.0 Å². The summed E-state index contributed by atoms with van der Waals surface area (Å²) in [5.41, 5.74) is 0.488. The van der Waals surface area contributed by atoms with E-state index in [1.54, 1.807) is 18.2 Å². The fraction of sp³-hybridized carbons (Fsp3) is 0.636. The molecule has 176 valence electrons. The summed E-state index contributed by atoms with van der Waals surface area (Å²) in [5.74, 6) is 1.21. The van der Waals surface area contributed by atoms with Crippen molar-refractivity contribution in [2.24, 2.45) is 10.9 Å². The number of nitrogens with zero attached hydrogens (tertiary/aromatic N) is 2. The second-order valence-corrected chi connectivity index (χ2v) is 8.22. The first-order chi connectivity index (χ1) is 14.5. The summed E-state index contributed by atoms with van der Waals surface area (Å²) in [6, 6.07) is 7.45. The van der Waals surface area contributed by atoms with Crippen molar-refractivity contribution in [2.75, 3.05) is 52.5 Å². The van der Waals surface area contributed by atoms with Crippen LogP contribution in [0.25, 0.3) is 0 Å². The molecule has 0 saturated carbocycles. The molecule has 0 aliphatic carbocycles. The summed E-state index contributed by atoms with van der Waals surface area (Å²) < 4.78 is 5.50. The van der Waals surface area contributed by atoms with Crippen LogP contribution in [0.15, 0.2) is 29.3 Å². The Morgan fingerprint density at radius 1 is 1.16 bits per heavy atom. The van der Waals surface area contributed by atoms with Crippen molar-refractivity contribution < 1.29 is 9.53 Å². The number of benzene rings is 1. The van der Waals surface area contributed by atoms with E-state index in [2.05, 4.69) is 34.7 Å². The Morgan fingerprint density at radius 3 is 2.48 bits per heavy atom. The zero-order chi connectivity index (χ0) is 21.8. The van der Waals surface area contributed by atoms with Crippen LogP contribution >= 0.6 is 35.6 Å². The van der Waals surface area contributed by atoms with E-state index in [4.69, 9.17) is 21.3 Å². The lowest BCUT2D eigenvalue weighted by Gasteiger charge is -2.34. The Labute approximate surface area is 208 Å². The molecule has 1 aromatic carbocycles. The minimum atomic E-state index is -0.173. The molecule has 0 spiro atoms. The second-order valence-electron chi connectivity index (χ2n) is 7.81. The summed E-state index contributed by atoms with van der Waals surface area (Å²) in [6.45, 7) is 12.6. The van der Waals surface area contributed by atoms with Crippen molar-refractivity contribution in [3.8, 4) is 0 Å². The number of halogens is 2. The SMILES string of the molecule is CCNC(=NCC(CC(C)C)N1CCOCC1)NCCNC(=O)c1ccccc1Cl.I. The van der Waals surface area contributed by atoms with Crippen molar-refractivity contribution in [3.63, 3.8) is 0 Å². The first-order valence-corrected chi connectivity index (χ1v) is 11.3. The van der Waals surface area contributed by atoms with Crippen molar-refractivity contribution >= 4 is 47.4 Å². The van der Waals surface area contributed by atoms with Crippen LogP contribution in [0.1, 0.15) is 37.6 Å². The second kappa shape index (κ2) is 15.7. The fourth-order valence-electron chi connectivity index (χ4n) is 3.46. The van der Waals surface area contributed by atoms with Crippen LogP contribution in [0.5, 0.6) is 0 Å². The molecule has 1 unspecified atom stereocenters. The van der Waals surface area contributed by atoms with Crippen LogP contribution in [-0.4, -0.2) is 75.3 Å². The number of nitrogens with one attached hydrogen (secondary N) is 3. The molecule has 1 aromatic rings. The molecule has 1 fully saturated rings. The Hall–Kier alpha value is -1.10. The Bertz CT molecular complexity index is 684. The van der Waals surface area contributed by atoms with Gasteiger partial charge in [-0.1, -0.05) is 37.6 Å². The highest BCUT2D eigenvalue weighted by atomic mass is 127. The van der Waals surface area contributed by atoms with Crippen LogP contribution in [0.4, 0.5) is 0 Å². The predicted molar refractivity (Wildman–Crippen MR) is 139 cm³/mol.